The van der Waals surface area contributed by atoms with Crippen molar-refractivity contribution in [2.24, 2.45) is 0 Å². The number of anilines is 1. The summed E-state index contributed by atoms with van der Waals surface area (Å²) in [4.78, 5) is 35.1. The van der Waals surface area contributed by atoms with Crippen molar-refractivity contribution in [2.75, 3.05) is 5.32 Å². The van der Waals surface area contributed by atoms with E-state index in [4.69, 9.17) is 0 Å². The monoisotopic (exact) mass is 267 g/mol. The first kappa shape index (κ1) is 13.7. The molecule has 0 spiro atoms. The Morgan fingerprint density at radius 1 is 0.800 bits per heavy atom. The highest BCUT2D eigenvalue weighted by molar-refractivity contribution is 6.49. The zero-order chi connectivity index (χ0) is 14.5. The molecule has 0 aromatic heterocycles. The van der Waals surface area contributed by atoms with E-state index in [-0.39, 0.29) is 11.5 Å². The predicted molar refractivity (Wildman–Crippen MR) is 75.8 cm³/mol. The van der Waals surface area contributed by atoms with E-state index in [0.29, 0.717) is 11.3 Å². The SMILES string of the molecule is CC(=O)Nc1cccc(C(=O)C(=O)c2ccccc2)c1. The number of rotatable bonds is 4. The summed E-state index contributed by atoms with van der Waals surface area (Å²) in [6, 6.07) is 14.7. The van der Waals surface area contributed by atoms with Crippen LogP contribution in [0.5, 0.6) is 0 Å². The van der Waals surface area contributed by atoms with E-state index in [2.05, 4.69) is 5.32 Å². The highest BCUT2D eigenvalue weighted by Crippen LogP contribution is 2.13. The van der Waals surface area contributed by atoms with Gasteiger partial charge in [0.15, 0.2) is 0 Å². The fourth-order valence-corrected chi connectivity index (χ4v) is 1.79. The second kappa shape index (κ2) is 5.93. The maximum atomic E-state index is 12.1. The molecule has 0 saturated carbocycles. The van der Waals surface area contributed by atoms with Gasteiger partial charge in [-0.1, -0.05) is 42.5 Å². The van der Waals surface area contributed by atoms with Gasteiger partial charge >= 0.3 is 0 Å². The van der Waals surface area contributed by atoms with Gasteiger partial charge in [-0.3, -0.25) is 14.4 Å². The molecule has 1 amide bonds. The van der Waals surface area contributed by atoms with Crippen LogP contribution in [0.1, 0.15) is 27.6 Å². The molecule has 0 radical (unpaired) electrons. The fraction of sp³-hybridized carbons (Fsp3) is 0.0625. The third-order valence-electron chi connectivity index (χ3n) is 2.69. The van der Waals surface area contributed by atoms with E-state index in [0.717, 1.165) is 0 Å². The van der Waals surface area contributed by atoms with Crippen molar-refractivity contribution in [1.29, 1.82) is 0 Å². The molecule has 1 N–H and O–H groups in total. The van der Waals surface area contributed by atoms with Gasteiger partial charge in [-0.2, -0.15) is 0 Å². The number of hydrogen-bond donors (Lipinski definition) is 1. The van der Waals surface area contributed by atoms with Crippen molar-refractivity contribution in [1.82, 2.24) is 0 Å². The minimum atomic E-state index is -0.594. The Bertz CT molecular complexity index is 662. The Kier molecular flexibility index (Phi) is 4.05. The average molecular weight is 267 g/mol. The average Bonchev–Trinajstić information content (AvgIpc) is 2.46. The third-order valence-corrected chi connectivity index (χ3v) is 2.69. The second-order valence-electron chi connectivity index (χ2n) is 4.29. The van der Waals surface area contributed by atoms with E-state index in [1.807, 2.05) is 0 Å². The number of amides is 1. The summed E-state index contributed by atoms with van der Waals surface area (Å²) in [5.41, 5.74) is 1.09. The second-order valence-corrected chi connectivity index (χ2v) is 4.29. The summed E-state index contributed by atoms with van der Waals surface area (Å²) in [6.45, 7) is 1.38. The first-order chi connectivity index (χ1) is 9.58. The van der Waals surface area contributed by atoms with Gasteiger partial charge in [-0.25, -0.2) is 0 Å². The minimum Gasteiger partial charge on any atom is -0.326 e. The largest absolute Gasteiger partial charge is 0.326 e. The van der Waals surface area contributed by atoms with Crippen molar-refractivity contribution in [3.8, 4) is 0 Å². The van der Waals surface area contributed by atoms with Gasteiger partial charge in [-0.15, -0.1) is 0 Å². The lowest BCUT2D eigenvalue weighted by Gasteiger charge is -2.05. The van der Waals surface area contributed by atoms with Crippen LogP contribution in [0.4, 0.5) is 5.69 Å². The van der Waals surface area contributed by atoms with Crippen LogP contribution in [0.2, 0.25) is 0 Å². The van der Waals surface area contributed by atoms with Crippen LogP contribution >= 0.6 is 0 Å². The van der Waals surface area contributed by atoms with Gasteiger partial charge in [0.1, 0.15) is 0 Å². The molecule has 100 valence electrons. The zero-order valence-electron chi connectivity index (χ0n) is 10.9. The quantitative estimate of drug-likeness (QED) is 0.684. The predicted octanol–water partition coefficient (Wildman–Crippen LogP) is 2.71. The summed E-state index contributed by atoms with van der Waals surface area (Å²) in [6.07, 6.45) is 0. The lowest BCUT2D eigenvalue weighted by atomic mass is 10.0. The molecule has 0 heterocycles. The van der Waals surface area contributed by atoms with Crippen LogP contribution < -0.4 is 5.32 Å². The maximum absolute atomic E-state index is 12.1. The van der Waals surface area contributed by atoms with Crippen LogP contribution in [-0.2, 0) is 4.79 Å². The summed E-state index contributed by atoms with van der Waals surface area (Å²) >= 11 is 0. The molecule has 0 aliphatic heterocycles. The van der Waals surface area contributed by atoms with Crippen LogP contribution in [0, 0.1) is 0 Å². The lowest BCUT2D eigenvalue weighted by molar-refractivity contribution is -0.114. The van der Waals surface area contributed by atoms with E-state index >= 15 is 0 Å². The Morgan fingerprint density at radius 3 is 2.05 bits per heavy atom. The third kappa shape index (κ3) is 3.17. The van der Waals surface area contributed by atoms with Crippen LogP contribution in [0.3, 0.4) is 0 Å². The molecule has 0 bridgehead atoms. The Balaban J connectivity index is 2.25. The van der Waals surface area contributed by atoms with E-state index in [1.165, 1.54) is 13.0 Å². The minimum absolute atomic E-state index is 0.232. The molecule has 0 unspecified atom stereocenters. The maximum Gasteiger partial charge on any atom is 0.233 e. The number of benzene rings is 2. The van der Waals surface area contributed by atoms with Gasteiger partial charge < -0.3 is 5.32 Å². The van der Waals surface area contributed by atoms with Crippen LogP contribution in [0.25, 0.3) is 0 Å². The van der Waals surface area contributed by atoms with Crippen LogP contribution in [0.15, 0.2) is 54.6 Å². The molecule has 2 aromatic rings. The van der Waals surface area contributed by atoms with E-state index < -0.39 is 11.6 Å². The molecule has 2 aromatic carbocycles. The van der Waals surface area contributed by atoms with Gasteiger partial charge in [0.2, 0.25) is 17.5 Å². The van der Waals surface area contributed by atoms with Gasteiger partial charge in [0.25, 0.3) is 0 Å². The summed E-state index contributed by atoms with van der Waals surface area (Å²) in [5.74, 6) is -1.39. The molecule has 20 heavy (non-hydrogen) atoms. The number of Topliss-reactive ketones (excluding diaryl/α,β-unsaturated/α-hetero) is 2. The number of nitrogens with one attached hydrogen (secondary N) is 1. The van der Waals surface area contributed by atoms with Crippen LogP contribution in [-0.4, -0.2) is 17.5 Å². The normalized spacial score (nSPS) is 9.85. The molecule has 4 nitrogen and oxygen atoms in total. The molecular formula is C16H13NO3. The van der Waals surface area contributed by atoms with Gasteiger partial charge in [-0.05, 0) is 12.1 Å². The van der Waals surface area contributed by atoms with E-state index in [1.54, 1.807) is 48.5 Å². The van der Waals surface area contributed by atoms with Gasteiger partial charge in [0, 0.05) is 23.7 Å². The molecule has 0 atom stereocenters. The van der Waals surface area contributed by atoms with Crippen molar-refractivity contribution in [3.05, 3.63) is 65.7 Å². The Labute approximate surface area is 116 Å². The molecule has 0 aliphatic rings. The highest BCUT2D eigenvalue weighted by Gasteiger charge is 2.18. The number of carbonyl (C=O) groups is 3. The number of carbonyl (C=O) groups excluding carboxylic acids is 3. The van der Waals surface area contributed by atoms with Crippen molar-refractivity contribution in [2.45, 2.75) is 6.92 Å². The molecule has 0 fully saturated rings. The zero-order valence-corrected chi connectivity index (χ0v) is 10.9. The first-order valence-corrected chi connectivity index (χ1v) is 6.09. The summed E-state index contributed by atoms with van der Waals surface area (Å²) in [7, 11) is 0. The Hall–Kier alpha value is -2.75. The molecule has 4 heteroatoms. The van der Waals surface area contributed by atoms with Gasteiger partial charge in [0.05, 0.1) is 0 Å². The smallest absolute Gasteiger partial charge is 0.233 e. The van der Waals surface area contributed by atoms with E-state index in [9.17, 15) is 14.4 Å². The van der Waals surface area contributed by atoms with Crippen molar-refractivity contribution < 1.29 is 14.4 Å². The van der Waals surface area contributed by atoms with Crippen molar-refractivity contribution in [3.63, 3.8) is 0 Å². The topological polar surface area (TPSA) is 63.2 Å². The van der Waals surface area contributed by atoms with Crippen molar-refractivity contribution >= 4 is 23.2 Å². The summed E-state index contributed by atoms with van der Waals surface area (Å²) in [5, 5.41) is 2.58. The fourth-order valence-electron chi connectivity index (χ4n) is 1.79. The summed E-state index contributed by atoms with van der Waals surface area (Å²) < 4.78 is 0. The molecular weight excluding hydrogens is 254 g/mol. The number of hydrogen-bond acceptors (Lipinski definition) is 3. The first-order valence-electron chi connectivity index (χ1n) is 6.09. The standard InChI is InChI=1S/C16H13NO3/c1-11(18)17-14-9-5-8-13(10-14)16(20)15(19)12-6-3-2-4-7-12/h2-10H,1H3,(H,17,18). The Morgan fingerprint density at radius 2 is 1.40 bits per heavy atom. The highest BCUT2D eigenvalue weighted by atomic mass is 16.2. The molecule has 0 aliphatic carbocycles. The lowest BCUT2D eigenvalue weighted by Crippen LogP contribution is -2.15. The number of ketones is 2. The molecule has 2 rings (SSSR count). The molecule has 0 saturated heterocycles.